The molecule has 35 heavy (non-hydrogen) atoms. The van der Waals surface area contributed by atoms with Crippen molar-refractivity contribution in [3.05, 3.63) is 106 Å². The number of carbonyl (C=O) groups is 2. The first-order valence-electron chi connectivity index (χ1n) is 11.5. The maximum atomic E-state index is 12.8. The summed E-state index contributed by atoms with van der Waals surface area (Å²) in [5.74, 6) is 0.698. The molecule has 0 spiro atoms. The van der Waals surface area contributed by atoms with Gasteiger partial charge in [0.1, 0.15) is 5.82 Å². The van der Waals surface area contributed by atoms with Crippen LogP contribution < -0.4 is 10.2 Å². The van der Waals surface area contributed by atoms with Crippen LogP contribution in [-0.4, -0.2) is 21.6 Å². The van der Waals surface area contributed by atoms with Gasteiger partial charge in [-0.1, -0.05) is 65.7 Å². The Morgan fingerprint density at radius 2 is 1.77 bits per heavy atom. The van der Waals surface area contributed by atoms with Crippen LogP contribution in [0.5, 0.6) is 0 Å². The van der Waals surface area contributed by atoms with Crippen molar-refractivity contribution in [2.75, 3.05) is 4.90 Å². The van der Waals surface area contributed by atoms with E-state index in [0.29, 0.717) is 36.6 Å². The van der Waals surface area contributed by atoms with Gasteiger partial charge in [-0.2, -0.15) is 5.10 Å². The van der Waals surface area contributed by atoms with E-state index < -0.39 is 0 Å². The molecule has 176 valence electrons. The van der Waals surface area contributed by atoms with Gasteiger partial charge in [-0.3, -0.25) is 14.5 Å². The van der Waals surface area contributed by atoms with Gasteiger partial charge >= 0.3 is 0 Å². The lowest BCUT2D eigenvalue weighted by Crippen LogP contribution is -2.36. The third-order valence-corrected chi connectivity index (χ3v) is 6.36. The summed E-state index contributed by atoms with van der Waals surface area (Å²) in [5, 5.41) is 8.32. The number of benzene rings is 3. The number of rotatable bonds is 6. The molecule has 1 aliphatic rings. The lowest BCUT2D eigenvalue weighted by Gasteiger charge is -2.27. The van der Waals surface area contributed by atoms with E-state index in [2.05, 4.69) is 11.4 Å². The van der Waals surface area contributed by atoms with E-state index in [9.17, 15) is 9.59 Å². The highest BCUT2D eigenvalue weighted by Crippen LogP contribution is 2.30. The maximum absolute atomic E-state index is 12.8. The number of hydrogen-bond acceptors (Lipinski definition) is 3. The zero-order valence-corrected chi connectivity index (χ0v) is 20.1. The summed E-state index contributed by atoms with van der Waals surface area (Å²) in [7, 11) is 0. The van der Waals surface area contributed by atoms with Crippen LogP contribution in [0.25, 0.3) is 11.3 Å². The van der Waals surface area contributed by atoms with E-state index in [-0.39, 0.29) is 11.8 Å². The molecule has 0 bridgehead atoms. The quantitative estimate of drug-likeness (QED) is 0.399. The van der Waals surface area contributed by atoms with Crippen LogP contribution >= 0.6 is 11.6 Å². The van der Waals surface area contributed by atoms with Gasteiger partial charge in [-0.15, -0.1) is 0 Å². The summed E-state index contributed by atoms with van der Waals surface area (Å²) >= 11 is 6.01. The highest BCUT2D eigenvalue weighted by Gasteiger charge is 2.26. The molecule has 0 saturated heterocycles. The highest BCUT2D eigenvalue weighted by atomic mass is 35.5. The van der Waals surface area contributed by atoms with Crippen LogP contribution in [-0.2, 0) is 24.4 Å². The zero-order chi connectivity index (χ0) is 24.4. The number of nitrogens with one attached hydrogen (secondary N) is 1. The Balaban J connectivity index is 1.28. The van der Waals surface area contributed by atoms with Crippen LogP contribution in [0.15, 0.2) is 78.9 Å². The van der Waals surface area contributed by atoms with Crippen molar-refractivity contribution in [1.29, 1.82) is 0 Å². The molecule has 0 fully saturated rings. The molecule has 1 aliphatic heterocycles. The van der Waals surface area contributed by atoms with E-state index in [1.807, 2.05) is 72.3 Å². The van der Waals surface area contributed by atoms with Crippen molar-refractivity contribution in [2.24, 2.45) is 0 Å². The van der Waals surface area contributed by atoms with E-state index in [0.717, 1.165) is 33.8 Å². The Hall–Kier alpha value is -3.90. The molecule has 2 amide bonds. The van der Waals surface area contributed by atoms with Gasteiger partial charge in [0.05, 0.1) is 18.8 Å². The SMILES string of the molecule is Cc1cccc(CNC(=O)c2ccc(CN3C(=O)CCn4nc(-c5ccc(Cl)cc5)cc43)cc2)c1. The van der Waals surface area contributed by atoms with Gasteiger partial charge in [0, 0.05) is 35.2 Å². The minimum atomic E-state index is -0.127. The van der Waals surface area contributed by atoms with Crippen LogP contribution in [0, 0.1) is 6.92 Å². The number of anilines is 1. The zero-order valence-electron chi connectivity index (χ0n) is 19.4. The lowest BCUT2D eigenvalue weighted by atomic mass is 10.1. The molecule has 3 aromatic carbocycles. The summed E-state index contributed by atoms with van der Waals surface area (Å²) < 4.78 is 1.87. The van der Waals surface area contributed by atoms with E-state index in [1.54, 1.807) is 17.0 Å². The van der Waals surface area contributed by atoms with Gasteiger partial charge in [-0.05, 0) is 42.3 Å². The van der Waals surface area contributed by atoms with E-state index in [1.165, 1.54) is 0 Å². The van der Waals surface area contributed by atoms with Crippen molar-refractivity contribution in [3.8, 4) is 11.3 Å². The Morgan fingerprint density at radius 1 is 1.00 bits per heavy atom. The topological polar surface area (TPSA) is 67.2 Å². The molecule has 4 aromatic rings. The molecular weight excluding hydrogens is 460 g/mol. The van der Waals surface area contributed by atoms with Crippen molar-refractivity contribution in [1.82, 2.24) is 15.1 Å². The fourth-order valence-corrected chi connectivity index (χ4v) is 4.36. The molecule has 5 rings (SSSR count). The predicted octanol–water partition coefficient (Wildman–Crippen LogP) is 5.38. The molecule has 2 heterocycles. The van der Waals surface area contributed by atoms with Gasteiger partial charge < -0.3 is 5.32 Å². The first-order valence-corrected chi connectivity index (χ1v) is 11.9. The number of fused-ring (bicyclic) bond motifs is 1. The lowest BCUT2D eigenvalue weighted by molar-refractivity contribution is -0.119. The highest BCUT2D eigenvalue weighted by molar-refractivity contribution is 6.30. The fourth-order valence-electron chi connectivity index (χ4n) is 4.23. The molecular formula is C28H25ClN4O2. The Morgan fingerprint density at radius 3 is 2.51 bits per heavy atom. The molecule has 0 saturated carbocycles. The number of nitrogens with zero attached hydrogens (tertiary/aromatic N) is 3. The molecule has 0 radical (unpaired) electrons. The van der Waals surface area contributed by atoms with E-state index >= 15 is 0 Å². The van der Waals surface area contributed by atoms with E-state index in [4.69, 9.17) is 16.7 Å². The van der Waals surface area contributed by atoms with Gasteiger partial charge in [0.15, 0.2) is 0 Å². The average Bonchev–Trinajstić information content (AvgIpc) is 3.30. The molecule has 1 aromatic heterocycles. The average molecular weight is 485 g/mol. The number of hydrogen-bond donors (Lipinski definition) is 1. The number of amides is 2. The maximum Gasteiger partial charge on any atom is 0.251 e. The Bertz CT molecular complexity index is 1380. The van der Waals surface area contributed by atoms with Crippen LogP contribution in [0.4, 0.5) is 5.82 Å². The molecule has 1 N–H and O–H groups in total. The van der Waals surface area contributed by atoms with Crippen molar-refractivity contribution < 1.29 is 9.59 Å². The minimum absolute atomic E-state index is 0.0556. The number of aryl methyl sites for hydroxylation is 2. The van der Waals surface area contributed by atoms with Crippen LogP contribution in [0.3, 0.4) is 0 Å². The first-order chi connectivity index (χ1) is 17.0. The smallest absolute Gasteiger partial charge is 0.251 e. The van der Waals surface area contributed by atoms with Crippen molar-refractivity contribution in [2.45, 2.75) is 33.0 Å². The van der Waals surface area contributed by atoms with Gasteiger partial charge in [0.2, 0.25) is 5.91 Å². The fraction of sp³-hybridized carbons (Fsp3) is 0.179. The molecule has 0 unspecified atom stereocenters. The van der Waals surface area contributed by atoms with Gasteiger partial charge in [0.25, 0.3) is 5.91 Å². The summed E-state index contributed by atoms with van der Waals surface area (Å²) in [6.07, 6.45) is 0.397. The molecule has 0 atom stereocenters. The van der Waals surface area contributed by atoms with Crippen LogP contribution in [0.2, 0.25) is 5.02 Å². The number of aromatic nitrogens is 2. The van der Waals surface area contributed by atoms with Gasteiger partial charge in [-0.25, -0.2) is 4.68 Å². The number of halogens is 1. The molecule has 6 nitrogen and oxygen atoms in total. The summed E-state index contributed by atoms with van der Waals surface area (Å²) in [5.41, 5.74) is 5.50. The second-order valence-corrected chi connectivity index (χ2v) is 9.15. The molecule has 0 aliphatic carbocycles. The largest absolute Gasteiger partial charge is 0.348 e. The monoisotopic (exact) mass is 484 g/mol. The summed E-state index contributed by atoms with van der Waals surface area (Å²) in [6, 6.07) is 24.9. The van der Waals surface area contributed by atoms with Crippen molar-refractivity contribution >= 4 is 29.2 Å². The second-order valence-electron chi connectivity index (χ2n) is 8.72. The predicted molar refractivity (Wildman–Crippen MR) is 137 cm³/mol. The summed E-state index contributed by atoms with van der Waals surface area (Å²) in [4.78, 5) is 27.1. The number of carbonyl (C=O) groups excluding carboxylic acids is 2. The van der Waals surface area contributed by atoms with Crippen LogP contribution in [0.1, 0.15) is 33.5 Å². The molecule has 7 heteroatoms. The third-order valence-electron chi connectivity index (χ3n) is 6.11. The second kappa shape index (κ2) is 9.76. The standard InChI is InChI=1S/C28H25ClN4O2/c1-19-3-2-4-21(15-19)17-30-28(35)23-7-5-20(6-8-23)18-32-26-16-25(22-9-11-24(29)12-10-22)31-33(26)14-13-27(32)34/h2-12,15-16H,13-14,17-18H2,1H3,(H,30,35). The Kier molecular flexibility index (Phi) is 6.38. The third kappa shape index (κ3) is 5.12. The normalized spacial score (nSPS) is 13.0. The Labute approximate surface area is 209 Å². The summed E-state index contributed by atoms with van der Waals surface area (Å²) in [6.45, 7) is 3.47. The van der Waals surface area contributed by atoms with Crippen molar-refractivity contribution in [3.63, 3.8) is 0 Å². The first kappa shape index (κ1) is 22.9. The minimum Gasteiger partial charge on any atom is -0.348 e.